The third-order valence-electron chi connectivity index (χ3n) is 3.24. The number of aliphatic carboxylic acids is 1. The van der Waals surface area contributed by atoms with E-state index in [1.165, 1.54) is 6.42 Å². The molecule has 0 saturated heterocycles. The zero-order valence-corrected chi connectivity index (χ0v) is 10.2. The summed E-state index contributed by atoms with van der Waals surface area (Å²) in [5.74, 6) is 0.363. The summed E-state index contributed by atoms with van der Waals surface area (Å²) < 4.78 is 0. The fourth-order valence-corrected chi connectivity index (χ4v) is 2.97. The molecule has 2 atom stereocenters. The fourth-order valence-electron chi connectivity index (χ4n) is 2.97. The zero-order chi connectivity index (χ0) is 11.6. The zero-order valence-electron chi connectivity index (χ0n) is 10.2. The molecule has 0 heterocycles. The van der Waals surface area contributed by atoms with Crippen molar-refractivity contribution in [1.29, 1.82) is 0 Å². The standard InChI is InChI=1S/C13H22O2/c1-9-5-11(6-10(2)12(14)15)8-13(3,4)7-9/h6,9,11H,5,7-8H2,1-4H3,(H,14,15)/b10-6+. The van der Waals surface area contributed by atoms with Gasteiger partial charge in [0.05, 0.1) is 0 Å². The van der Waals surface area contributed by atoms with E-state index in [1.54, 1.807) is 6.92 Å². The summed E-state index contributed by atoms with van der Waals surface area (Å²) in [6, 6.07) is 0. The number of carbonyl (C=O) groups is 1. The molecule has 86 valence electrons. The van der Waals surface area contributed by atoms with Crippen LogP contribution < -0.4 is 0 Å². The number of carboxylic acids is 1. The normalized spacial score (nSPS) is 31.3. The van der Waals surface area contributed by atoms with Crippen LogP contribution in [0.15, 0.2) is 11.6 Å². The van der Waals surface area contributed by atoms with Gasteiger partial charge in [-0.1, -0.05) is 26.8 Å². The molecular formula is C13H22O2. The Morgan fingerprint density at radius 1 is 1.40 bits per heavy atom. The summed E-state index contributed by atoms with van der Waals surface area (Å²) >= 11 is 0. The van der Waals surface area contributed by atoms with E-state index in [4.69, 9.17) is 5.11 Å². The molecule has 0 bridgehead atoms. The van der Waals surface area contributed by atoms with E-state index in [0.717, 1.165) is 12.8 Å². The monoisotopic (exact) mass is 210 g/mol. The molecule has 1 saturated carbocycles. The molecule has 0 amide bonds. The lowest BCUT2D eigenvalue weighted by molar-refractivity contribution is -0.132. The average molecular weight is 210 g/mol. The van der Waals surface area contributed by atoms with Gasteiger partial charge in [-0.3, -0.25) is 0 Å². The highest BCUT2D eigenvalue weighted by Gasteiger charge is 2.31. The Morgan fingerprint density at radius 3 is 2.47 bits per heavy atom. The summed E-state index contributed by atoms with van der Waals surface area (Å²) in [4.78, 5) is 10.7. The molecular weight excluding hydrogens is 188 g/mol. The van der Waals surface area contributed by atoms with E-state index in [9.17, 15) is 4.79 Å². The molecule has 0 aromatic rings. The fraction of sp³-hybridized carbons (Fsp3) is 0.769. The molecule has 2 heteroatoms. The van der Waals surface area contributed by atoms with Crippen LogP contribution in [0.4, 0.5) is 0 Å². The molecule has 2 unspecified atom stereocenters. The smallest absolute Gasteiger partial charge is 0.330 e. The van der Waals surface area contributed by atoms with Crippen LogP contribution in [0.2, 0.25) is 0 Å². The third-order valence-corrected chi connectivity index (χ3v) is 3.24. The van der Waals surface area contributed by atoms with Crippen LogP contribution in [-0.2, 0) is 4.79 Å². The van der Waals surface area contributed by atoms with E-state index < -0.39 is 5.97 Å². The Hall–Kier alpha value is -0.790. The highest BCUT2D eigenvalue weighted by Crippen LogP contribution is 2.42. The predicted octanol–water partition coefficient (Wildman–Crippen LogP) is 3.48. The van der Waals surface area contributed by atoms with E-state index in [1.807, 2.05) is 6.08 Å². The van der Waals surface area contributed by atoms with Crippen molar-refractivity contribution < 1.29 is 9.90 Å². The number of hydrogen-bond donors (Lipinski definition) is 1. The van der Waals surface area contributed by atoms with Crippen LogP contribution in [0, 0.1) is 17.3 Å². The Kier molecular flexibility index (Phi) is 3.58. The van der Waals surface area contributed by atoms with Gasteiger partial charge in [-0.05, 0) is 43.4 Å². The highest BCUT2D eigenvalue weighted by molar-refractivity contribution is 5.85. The summed E-state index contributed by atoms with van der Waals surface area (Å²) in [5, 5.41) is 8.84. The van der Waals surface area contributed by atoms with Gasteiger partial charge in [0.25, 0.3) is 0 Å². The van der Waals surface area contributed by atoms with Gasteiger partial charge in [-0.25, -0.2) is 4.79 Å². The summed E-state index contributed by atoms with van der Waals surface area (Å²) in [7, 11) is 0. The lowest BCUT2D eigenvalue weighted by Crippen LogP contribution is -2.27. The molecule has 2 nitrogen and oxygen atoms in total. The van der Waals surface area contributed by atoms with Crippen molar-refractivity contribution in [3.05, 3.63) is 11.6 Å². The van der Waals surface area contributed by atoms with Crippen LogP contribution in [0.25, 0.3) is 0 Å². The van der Waals surface area contributed by atoms with E-state index in [2.05, 4.69) is 20.8 Å². The summed E-state index contributed by atoms with van der Waals surface area (Å²) in [6.07, 6.45) is 5.44. The highest BCUT2D eigenvalue weighted by atomic mass is 16.4. The maximum absolute atomic E-state index is 10.7. The summed E-state index contributed by atoms with van der Waals surface area (Å²) in [6.45, 7) is 8.51. The lowest BCUT2D eigenvalue weighted by atomic mass is 9.68. The lowest BCUT2D eigenvalue weighted by Gasteiger charge is -2.38. The topological polar surface area (TPSA) is 37.3 Å². The number of carboxylic acid groups (broad SMARTS) is 1. The van der Waals surface area contributed by atoms with Crippen molar-refractivity contribution in [2.45, 2.75) is 47.0 Å². The Balaban J connectivity index is 2.71. The number of rotatable bonds is 2. The van der Waals surface area contributed by atoms with E-state index >= 15 is 0 Å². The van der Waals surface area contributed by atoms with Gasteiger partial charge >= 0.3 is 5.97 Å². The molecule has 1 aliphatic rings. The van der Waals surface area contributed by atoms with Crippen molar-refractivity contribution in [1.82, 2.24) is 0 Å². The molecule has 0 spiro atoms. The van der Waals surface area contributed by atoms with Gasteiger partial charge in [-0.2, -0.15) is 0 Å². The van der Waals surface area contributed by atoms with Crippen LogP contribution in [-0.4, -0.2) is 11.1 Å². The number of hydrogen-bond acceptors (Lipinski definition) is 1. The Bertz CT molecular complexity index is 276. The first-order valence-electron chi connectivity index (χ1n) is 5.72. The Morgan fingerprint density at radius 2 is 2.00 bits per heavy atom. The first-order chi connectivity index (χ1) is 6.80. The van der Waals surface area contributed by atoms with Crippen molar-refractivity contribution >= 4 is 5.97 Å². The van der Waals surface area contributed by atoms with Gasteiger partial charge in [-0.15, -0.1) is 0 Å². The average Bonchev–Trinajstić information content (AvgIpc) is 1.99. The second-order valence-corrected chi connectivity index (χ2v) is 5.83. The van der Waals surface area contributed by atoms with Gasteiger partial charge in [0.1, 0.15) is 0 Å². The second-order valence-electron chi connectivity index (χ2n) is 5.83. The SMILES string of the molecule is C/C(=C\C1CC(C)CC(C)(C)C1)C(=O)O. The van der Waals surface area contributed by atoms with E-state index in [0.29, 0.717) is 22.8 Å². The first kappa shape index (κ1) is 12.3. The van der Waals surface area contributed by atoms with Crippen LogP contribution in [0.1, 0.15) is 47.0 Å². The van der Waals surface area contributed by atoms with Gasteiger partial charge in [0.2, 0.25) is 0 Å². The van der Waals surface area contributed by atoms with Crippen LogP contribution in [0.5, 0.6) is 0 Å². The molecule has 1 N–H and O–H groups in total. The molecule has 0 radical (unpaired) electrons. The molecule has 15 heavy (non-hydrogen) atoms. The molecule has 1 rings (SSSR count). The van der Waals surface area contributed by atoms with Crippen molar-refractivity contribution in [3.63, 3.8) is 0 Å². The van der Waals surface area contributed by atoms with Crippen molar-refractivity contribution in [2.24, 2.45) is 17.3 Å². The maximum Gasteiger partial charge on any atom is 0.330 e. The number of allylic oxidation sites excluding steroid dienone is 1. The largest absolute Gasteiger partial charge is 0.478 e. The van der Waals surface area contributed by atoms with Gasteiger partial charge in [0.15, 0.2) is 0 Å². The van der Waals surface area contributed by atoms with Gasteiger partial charge in [0, 0.05) is 5.57 Å². The second kappa shape index (κ2) is 4.38. The summed E-state index contributed by atoms with van der Waals surface area (Å²) in [5.41, 5.74) is 0.849. The molecule has 1 aliphatic carbocycles. The van der Waals surface area contributed by atoms with E-state index in [-0.39, 0.29) is 0 Å². The Labute approximate surface area is 92.4 Å². The minimum atomic E-state index is -0.786. The quantitative estimate of drug-likeness (QED) is 0.708. The molecule has 1 fully saturated rings. The van der Waals surface area contributed by atoms with Crippen LogP contribution in [0.3, 0.4) is 0 Å². The van der Waals surface area contributed by atoms with Crippen molar-refractivity contribution in [2.75, 3.05) is 0 Å². The van der Waals surface area contributed by atoms with Crippen molar-refractivity contribution in [3.8, 4) is 0 Å². The molecule has 0 aromatic heterocycles. The molecule has 0 aliphatic heterocycles. The van der Waals surface area contributed by atoms with Gasteiger partial charge < -0.3 is 5.11 Å². The predicted molar refractivity (Wildman–Crippen MR) is 61.7 cm³/mol. The molecule has 0 aromatic carbocycles. The maximum atomic E-state index is 10.7. The first-order valence-corrected chi connectivity index (χ1v) is 5.72. The minimum Gasteiger partial charge on any atom is -0.478 e. The third kappa shape index (κ3) is 3.69. The minimum absolute atomic E-state index is 0.359. The van der Waals surface area contributed by atoms with Crippen LogP contribution >= 0.6 is 0 Å².